The van der Waals surface area contributed by atoms with E-state index in [9.17, 15) is 5.11 Å². The Hall–Kier alpha value is -1.48. The van der Waals surface area contributed by atoms with Crippen molar-refractivity contribution in [3.8, 4) is 5.75 Å². The van der Waals surface area contributed by atoms with Gasteiger partial charge >= 0.3 is 0 Å². The molecule has 17 heavy (non-hydrogen) atoms. The van der Waals surface area contributed by atoms with Crippen LogP contribution in [0.25, 0.3) is 0 Å². The number of rotatable bonds is 3. The smallest absolute Gasteiger partial charge is 0.139 e. The Bertz CT molecular complexity index is 423. The Labute approximate surface area is 102 Å². The van der Waals surface area contributed by atoms with Gasteiger partial charge in [0.2, 0.25) is 0 Å². The molecule has 0 fully saturated rings. The van der Waals surface area contributed by atoms with E-state index in [0.29, 0.717) is 18.1 Å². The van der Waals surface area contributed by atoms with Crippen LogP contribution in [0.15, 0.2) is 30.0 Å². The monoisotopic (exact) mass is 234 g/mol. The first kappa shape index (κ1) is 12.0. The summed E-state index contributed by atoms with van der Waals surface area (Å²) in [7, 11) is 1.61. The Kier molecular flexibility index (Phi) is 3.69. The molecule has 1 aliphatic heterocycles. The Morgan fingerprint density at radius 1 is 1.41 bits per heavy atom. The van der Waals surface area contributed by atoms with Crippen molar-refractivity contribution >= 4 is 0 Å². The molecule has 1 aromatic rings. The molecule has 0 amide bonds. The average Bonchev–Trinajstić information content (AvgIpc) is 2.39. The predicted molar refractivity (Wildman–Crippen MR) is 66.0 cm³/mol. The lowest BCUT2D eigenvalue weighted by atomic mass is 10.0. The van der Waals surface area contributed by atoms with E-state index in [1.807, 2.05) is 31.2 Å². The second-order valence-corrected chi connectivity index (χ2v) is 4.25. The minimum absolute atomic E-state index is 0.639. The SMILES string of the molecule is COc1ccc(C)cc1C(O)C1=CCCCO1. The first-order valence-electron chi connectivity index (χ1n) is 5.88. The lowest BCUT2D eigenvalue weighted by Crippen LogP contribution is -2.11. The van der Waals surface area contributed by atoms with Crippen molar-refractivity contribution in [1.82, 2.24) is 0 Å². The fraction of sp³-hybridized carbons (Fsp3) is 0.429. The van der Waals surface area contributed by atoms with Crippen molar-refractivity contribution in [2.45, 2.75) is 25.9 Å². The van der Waals surface area contributed by atoms with E-state index in [-0.39, 0.29) is 0 Å². The second kappa shape index (κ2) is 5.23. The molecule has 2 rings (SSSR count). The van der Waals surface area contributed by atoms with Crippen LogP contribution in [0, 0.1) is 6.92 Å². The summed E-state index contributed by atoms with van der Waals surface area (Å²) in [4.78, 5) is 0. The number of ether oxygens (including phenoxy) is 2. The average molecular weight is 234 g/mol. The summed E-state index contributed by atoms with van der Waals surface area (Å²) in [6.07, 6.45) is 3.20. The predicted octanol–water partition coefficient (Wildman–Crippen LogP) is 2.73. The maximum absolute atomic E-state index is 10.3. The van der Waals surface area contributed by atoms with Gasteiger partial charge in [0, 0.05) is 5.56 Å². The lowest BCUT2D eigenvalue weighted by Gasteiger charge is -2.21. The zero-order valence-electron chi connectivity index (χ0n) is 10.3. The van der Waals surface area contributed by atoms with Crippen LogP contribution in [0.4, 0.5) is 0 Å². The molecule has 0 saturated heterocycles. The van der Waals surface area contributed by atoms with Gasteiger partial charge in [0.05, 0.1) is 13.7 Å². The molecule has 0 bridgehead atoms. The standard InChI is InChI=1S/C14H18O3/c1-10-6-7-12(16-2)11(9-10)14(15)13-5-3-4-8-17-13/h5-7,9,14-15H,3-4,8H2,1-2H3. The summed E-state index contributed by atoms with van der Waals surface area (Å²) < 4.78 is 10.8. The molecule has 0 radical (unpaired) electrons. The summed E-state index contributed by atoms with van der Waals surface area (Å²) in [6, 6.07) is 5.77. The highest BCUT2D eigenvalue weighted by Crippen LogP contribution is 2.32. The van der Waals surface area contributed by atoms with Crippen molar-refractivity contribution in [1.29, 1.82) is 0 Å². The number of allylic oxidation sites excluding steroid dienone is 1. The van der Waals surface area contributed by atoms with Gasteiger partial charge in [-0.25, -0.2) is 0 Å². The molecular weight excluding hydrogens is 216 g/mol. The summed E-state index contributed by atoms with van der Waals surface area (Å²) in [5.41, 5.74) is 1.86. The molecule has 3 heteroatoms. The van der Waals surface area contributed by atoms with Gasteiger partial charge in [0.15, 0.2) is 0 Å². The topological polar surface area (TPSA) is 38.7 Å². The first-order valence-corrected chi connectivity index (χ1v) is 5.88. The van der Waals surface area contributed by atoms with Crippen LogP contribution in [-0.2, 0) is 4.74 Å². The number of hydrogen-bond acceptors (Lipinski definition) is 3. The Morgan fingerprint density at radius 2 is 2.24 bits per heavy atom. The van der Waals surface area contributed by atoms with Crippen LogP contribution < -0.4 is 4.74 Å². The fourth-order valence-corrected chi connectivity index (χ4v) is 1.99. The molecule has 0 saturated carbocycles. The van der Waals surface area contributed by atoms with Gasteiger partial charge in [-0.05, 0) is 38.0 Å². The van der Waals surface area contributed by atoms with Gasteiger partial charge in [0.25, 0.3) is 0 Å². The van der Waals surface area contributed by atoms with E-state index >= 15 is 0 Å². The van der Waals surface area contributed by atoms with Gasteiger partial charge in [0.1, 0.15) is 17.6 Å². The van der Waals surface area contributed by atoms with Gasteiger partial charge in [-0.15, -0.1) is 0 Å². The third kappa shape index (κ3) is 2.61. The first-order chi connectivity index (χ1) is 8.22. The maximum Gasteiger partial charge on any atom is 0.139 e. The van der Waals surface area contributed by atoms with Crippen LogP contribution in [0.5, 0.6) is 5.75 Å². The highest BCUT2D eigenvalue weighted by atomic mass is 16.5. The van der Waals surface area contributed by atoms with Gasteiger partial charge in [-0.3, -0.25) is 0 Å². The van der Waals surface area contributed by atoms with Gasteiger partial charge in [-0.1, -0.05) is 11.6 Å². The lowest BCUT2D eigenvalue weighted by molar-refractivity contribution is 0.0902. The van der Waals surface area contributed by atoms with Crippen molar-refractivity contribution in [3.05, 3.63) is 41.2 Å². The number of aliphatic hydroxyl groups is 1. The molecular formula is C14H18O3. The number of aliphatic hydroxyl groups excluding tert-OH is 1. The van der Waals surface area contributed by atoms with E-state index in [1.54, 1.807) is 7.11 Å². The molecule has 1 heterocycles. The van der Waals surface area contributed by atoms with Crippen molar-refractivity contribution in [3.63, 3.8) is 0 Å². The Morgan fingerprint density at radius 3 is 2.88 bits per heavy atom. The van der Waals surface area contributed by atoms with E-state index in [1.165, 1.54) is 0 Å². The third-order valence-electron chi connectivity index (χ3n) is 2.91. The molecule has 0 aromatic heterocycles. The number of methoxy groups -OCH3 is 1. The Balaban J connectivity index is 2.31. The quantitative estimate of drug-likeness (QED) is 0.874. The zero-order chi connectivity index (χ0) is 12.3. The van der Waals surface area contributed by atoms with Crippen molar-refractivity contribution in [2.75, 3.05) is 13.7 Å². The number of aryl methyl sites for hydroxylation is 1. The molecule has 1 N–H and O–H groups in total. The van der Waals surface area contributed by atoms with E-state index in [2.05, 4.69) is 0 Å². The zero-order valence-corrected chi connectivity index (χ0v) is 10.3. The van der Waals surface area contributed by atoms with Crippen LogP contribution in [0.2, 0.25) is 0 Å². The summed E-state index contributed by atoms with van der Waals surface area (Å²) >= 11 is 0. The van der Waals surface area contributed by atoms with Gasteiger partial charge in [-0.2, -0.15) is 0 Å². The van der Waals surface area contributed by atoms with Crippen LogP contribution in [0.3, 0.4) is 0 Å². The van der Waals surface area contributed by atoms with Crippen molar-refractivity contribution in [2.24, 2.45) is 0 Å². The van der Waals surface area contributed by atoms with Crippen molar-refractivity contribution < 1.29 is 14.6 Å². The summed E-state index contributed by atoms with van der Waals surface area (Å²) in [6.45, 7) is 2.67. The maximum atomic E-state index is 10.3. The molecule has 1 aliphatic rings. The molecule has 92 valence electrons. The molecule has 1 aromatic carbocycles. The highest BCUT2D eigenvalue weighted by molar-refractivity contribution is 5.41. The van der Waals surface area contributed by atoms with E-state index < -0.39 is 6.10 Å². The normalized spacial score (nSPS) is 17.0. The molecule has 0 aliphatic carbocycles. The van der Waals surface area contributed by atoms with Crippen LogP contribution >= 0.6 is 0 Å². The minimum atomic E-state index is -0.731. The highest BCUT2D eigenvalue weighted by Gasteiger charge is 2.20. The largest absolute Gasteiger partial charge is 0.496 e. The summed E-state index contributed by atoms with van der Waals surface area (Å²) in [5, 5.41) is 10.3. The fourth-order valence-electron chi connectivity index (χ4n) is 1.99. The van der Waals surface area contributed by atoms with E-state index in [4.69, 9.17) is 9.47 Å². The molecule has 1 unspecified atom stereocenters. The minimum Gasteiger partial charge on any atom is -0.496 e. The molecule has 1 atom stereocenters. The molecule has 3 nitrogen and oxygen atoms in total. The molecule has 0 spiro atoms. The van der Waals surface area contributed by atoms with Gasteiger partial charge < -0.3 is 14.6 Å². The van der Waals surface area contributed by atoms with E-state index in [0.717, 1.165) is 24.0 Å². The van der Waals surface area contributed by atoms with Crippen LogP contribution in [-0.4, -0.2) is 18.8 Å². The number of benzene rings is 1. The third-order valence-corrected chi connectivity index (χ3v) is 2.91. The van der Waals surface area contributed by atoms with Crippen LogP contribution in [0.1, 0.15) is 30.1 Å². The summed E-state index contributed by atoms with van der Waals surface area (Å²) in [5.74, 6) is 1.33. The second-order valence-electron chi connectivity index (χ2n) is 4.25. The number of hydrogen-bond donors (Lipinski definition) is 1.